The van der Waals surface area contributed by atoms with Gasteiger partial charge in [0.05, 0.1) is 19.1 Å². The van der Waals surface area contributed by atoms with Crippen LogP contribution in [0.3, 0.4) is 0 Å². The maximum absolute atomic E-state index is 12.2. The third-order valence-corrected chi connectivity index (χ3v) is 2.78. The molecule has 94 valence electrons. The zero-order chi connectivity index (χ0) is 13.1. The Hall–Kier alpha value is -2.17. The normalized spacial score (nSPS) is 10.4. The van der Waals surface area contributed by atoms with Crippen LogP contribution in [0.25, 0.3) is 0 Å². The predicted molar refractivity (Wildman–Crippen MR) is 66.8 cm³/mol. The molecular weight excluding hydrogens is 230 g/mol. The Labute approximate surface area is 105 Å². The van der Waals surface area contributed by atoms with Gasteiger partial charge in [-0.1, -0.05) is 6.07 Å². The van der Waals surface area contributed by atoms with Crippen LogP contribution >= 0.6 is 0 Å². The summed E-state index contributed by atoms with van der Waals surface area (Å²) in [5, 5.41) is 3.94. The number of ketones is 1. The molecule has 0 aliphatic heterocycles. The molecule has 0 aliphatic rings. The molecule has 1 aromatic heterocycles. The zero-order valence-electron chi connectivity index (χ0n) is 10.7. The quantitative estimate of drug-likeness (QED) is 0.767. The second-order valence-corrected chi connectivity index (χ2v) is 4.10. The molecule has 1 aromatic carbocycles. The molecule has 0 bridgehead atoms. The highest BCUT2D eigenvalue weighted by Crippen LogP contribution is 2.21. The van der Waals surface area contributed by atoms with E-state index >= 15 is 0 Å². The van der Waals surface area contributed by atoms with Gasteiger partial charge in [-0.05, 0) is 24.6 Å². The molecular formula is C13H15N3O2. The summed E-state index contributed by atoms with van der Waals surface area (Å²) in [4.78, 5) is 16.2. The monoisotopic (exact) mass is 245 g/mol. The summed E-state index contributed by atoms with van der Waals surface area (Å²) in [5.41, 5.74) is 1.63. The van der Waals surface area contributed by atoms with Crippen molar-refractivity contribution in [1.82, 2.24) is 14.8 Å². The lowest BCUT2D eigenvalue weighted by atomic mass is 10.0. The van der Waals surface area contributed by atoms with Crippen LogP contribution in [-0.2, 0) is 13.5 Å². The van der Waals surface area contributed by atoms with Crippen molar-refractivity contribution in [2.45, 2.75) is 13.3 Å². The molecule has 0 saturated carbocycles. The Bertz CT molecular complexity index is 575. The number of hydrogen-bond donors (Lipinski definition) is 0. The number of hydrogen-bond acceptors (Lipinski definition) is 4. The van der Waals surface area contributed by atoms with Gasteiger partial charge in [0.25, 0.3) is 0 Å². The van der Waals surface area contributed by atoms with Crippen LogP contribution in [0, 0.1) is 6.92 Å². The standard InChI is InChI=1S/C13H15N3O2/c1-9-4-5-10(12(6-9)18-3)11(17)7-13-14-8-15-16(13)2/h4-6,8H,7H2,1-3H3. The van der Waals surface area contributed by atoms with E-state index in [9.17, 15) is 4.79 Å². The summed E-state index contributed by atoms with van der Waals surface area (Å²) >= 11 is 0. The zero-order valence-corrected chi connectivity index (χ0v) is 10.7. The molecule has 1 heterocycles. The van der Waals surface area contributed by atoms with E-state index in [0.29, 0.717) is 17.1 Å². The number of nitrogens with zero attached hydrogens (tertiary/aromatic N) is 3. The van der Waals surface area contributed by atoms with Crippen molar-refractivity contribution in [3.05, 3.63) is 41.5 Å². The van der Waals surface area contributed by atoms with E-state index in [-0.39, 0.29) is 12.2 Å². The van der Waals surface area contributed by atoms with Gasteiger partial charge in [0.15, 0.2) is 5.78 Å². The van der Waals surface area contributed by atoms with Crippen LogP contribution in [0.4, 0.5) is 0 Å². The Kier molecular flexibility index (Phi) is 3.41. The largest absolute Gasteiger partial charge is 0.496 e. The van der Waals surface area contributed by atoms with Gasteiger partial charge < -0.3 is 4.74 Å². The van der Waals surface area contributed by atoms with E-state index in [4.69, 9.17) is 4.74 Å². The highest BCUT2D eigenvalue weighted by Gasteiger charge is 2.15. The van der Waals surface area contributed by atoms with Crippen molar-refractivity contribution in [2.75, 3.05) is 7.11 Å². The van der Waals surface area contributed by atoms with Gasteiger partial charge in [-0.2, -0.15) is 5.10 Å². The summed E-state index contributed by atoms with van der Waals surface area (Å²) < 4.78 is 6.83. The fraction of sp³-hybridized carbons (Fsp3) is 0.308. The first-order valence-electron chi connectivity index (χ1n) is 5.62. The lowest BCUT2D eigenvalue weighted by Crippen LogP contribution is -2.10. The molecule has 0 saturated heterocycles. The van der Waals surface area contributed by atoms with Gasteiger partial charge in [0.1, 0.15) is 17.9 Å². The number of benzene rings is 1. The summed E-state index contributed by atoms with van der Waals surface area (Å²) in [6, 6.07) is 5.53. The van der Waals surface area contributed by atoms with Crippen molar-refractivity contribution in [1.29, 1.82) is 0 Å². The number of carbonyl (C=O) groups excluding carboxylic acids is 1. The first-order chi connectivity index (χ1) is 8.61. The average Bonchev–Trinajstić information content (AvgIpc) is 2.74. The molecule has 2 rings (SSSR count). The predicted octanol–water partition coefficient (Wildman–Crippen LogP) is 1.56. The lowest BCUT2D eigenvalue weighted by molar-refractivity contribution is 0.0986. The van der Waals surface area contributed by atoms with E-state index < -0.39 is 0 Å². The number of aryl methyl sites for hydroxylation is 2. The van der Waals surface area contributed by atoms with Gasteiger partial charge in [0, 0.05) is 7.05 Å². The van der Waals surface area contributed by atoms with Crippen LogP contribution < -0.4 is 4.74 Å². The molecule has 0 fully saturated rings. The topological polar surface area (TPSA) is 57.0 Å². The van der Waals surface area contributed by atoms with E-state index in [1.54, 1.807) is 24.9 Å². The Balaban J connectivity index is 2.26. The van der Waals surface area contributed by atoms with Gasteiger partial charge in [0.2, 0.25) is 0 Å². The third-order valence-electron chi connectivity index (χ3n) is 2.78. The maximum atomic E-state index is 12.2. The molecule has 0 atom stereocenters. The van der Waals surface area contributed by atoms with Crippen LogP contribution in [0.15, 0.2) is 24.5 Å². The molecule has 2 aromatic rings. The summed E-state index contributed by atoms with van der Waals surface area (Å²) in [6.07, 6.45) is 1.66. The molecule has 0 aliphatic carbocycles. The minimum Gasteiger partial charge on any atom is -0.496 e. The first-order valence-corrected chi connectivity index (χ1v) is 5.62. The number of Topliss-reactive ketones (excluding diaryl/α,β-unsaturated/α-hetero) is 1. The lowest BCUT2D eigenvalue weighted by Gasteiger charge is -2.08. The highest BCUT2D eigenvalue weighted by atomic mass is 16.5. The fourth-order valence-electron chi connectivity index (χ4n) is 1.75. The molecule has 0 unspecified atom stereocenters. The molecule has 0 N–H and O–H groups in total. The number of carbonyl (C=O) groups is 1. The van der Waals surface area contributed by atoms with Gasteiger partial charge in [-0.15, -0.1) is 0 Å². The molecule has 0 amide bonds. The smallest absolute Gasteiger partial charge is 0.174 e. The van der Waals surface area contributed by atoms with Crippen LogP contribution in [0.1, 0.15) is 21.7 Å². The SMILES string of the molecule is COc1cc(C)ccc1C(=O)Cc1ncnn1C. The minimum absolute atomic E-state index is 0.0250. The van der Waals surface area contributed by atoms with E-state index in [2.05, 4.69) is 10.1 Å². The van der Waals surface area contributed by atoms with Gasteiger partial charge in [-0.25, -0.2) is 4.98 Å². The van der Waals surface area contributed by atoms with Crippen molar-refractivity contribution in [3.63, 3.8) is 0 Å². The molecule has 0 spiro atoms. The average molecular weight is 245 g/mol. The number of ether oxygens (including phenoxy) is 1. The minimum atomic E-state index is -0.0250. The fourth-order valence-corrected chi connectivity index (χ4v) is 1.75. The summed E-state index contributed by atoms with van der Waals surface area (Å²) in [5.74, 6) is 1.22. The van der Waals surface area contributed by atoms with E-state index in [1.165, 1.54) is 6.33 Å². The second-order valence-electron chi connectivity index (χ2n) is 4.10. The number of aromatic nitrogens is 3. The molecule has 5 nitrogen and oxygen atoms in total. The first kappa shape index (κ1) is 12.3. The van der Waals surface area contributed by atoms with Crippen molar-refractivity contribution in [2.24, 2.45) is 7.05 Å². The highest BCUT2D eigenvalue weighted by molar-refractivity contribution is 5.99. The molecule has 5 heteroatoms. The Morgan fingerprint density at radius 3 is 2.83 bits per heavy atom. The van der Waals surface area contributed by atoms with Crippen molar-refractivity contribution < 1.29 is 9.53 Å². The summed E-state index contributed by atoms with van der Waals surface area (Å²) in [7, 11) is 3.33. The van der Waals surface area contributed by atoms with Crippen LogP contribution in [-0.4, -0.2) is 27.7 Å². The Morgan fingerprint density at radius 1 is 1.44 bits per heavy atom. The molecule has 18 heavy (non-hydrogen) atoms. The van der Waals surface area contributed by atoms with Crippen LogP contribution in [0.5, 0.6) is 5.75 Å². The van der Waals surface area contributed by atoms with Gasteiger partial charge >= 0.3 is 0 Å². The molecule has 0 radical (unpaired) electrons. The number of methoxy groups -OCH3 is 1. The second kappa shape index (κ2) is 5.00. The van der Waals surface area contributed by atoms with E-state index in [1.807, 2.05) is 19.1 Å². The summed E-state index contributed by atoms with van der Waals surface area (Å²) in [6.45, 7) is 1.96. The Morgan fingerprint density at radius 2 is 2.22 bits per heavy atom. The van der Waals surface area contributed by atoms with Gasteiger partial charge in [-0.3, -0.25) is 9.48 Å². The maximum Gasteiger partial charge on any atom is 0.174 e. The number of rotatable bonds is 4. The van der Waals surface area contributed by atoms with E-state index in [0.717, 1.165) is 5.56 Å². The van der Waals surface area contributed by atoms with Crippen LogP contribution in [0.2, 0.25) is 0 Å². The van der Waals surface area contributed by atoms with Crippen molar-refractivity contribution in [3.8, 4) is 5.75 Å². The third kappa shape index (κ3) is 2.40. The van der Waals surface area contributed by atoms with Crippen molar-refractivity contribution >= 4 is 5.78 Å².